The van der Waals surface area contributed by atoms with Gasteiger partial charge in [0.2, 0.25) is 16.8 Å². The molecule has 6 heterocycles. The van der Waals surface area contributed by atoms with Gasteiger partial charge >= 0.3 is 5.97 Å². The van der Waals surface area contributed by atoms with Crippen LogP contribution in [0, 0.1) is 70.7 Å². The summed E-state index contributed by atoms with van der Waals surface area (Å²) in [4.78, 5) is 90.2. The monoisotopic (exact) mass is 1360 g/mol. The molecule has 3 fully saturated rings. The van der Waals surface area contributed by atoms with Crippen LogP contribution in [0.3, 0.4) is 0 Å². The van der Waals surface area contributed by atoms with Crippen molar-refractivity contribution in [2.24, 2.45) is 29.2 Å². The lowest BCUT2D eigenvalue weighted by molar-refractivity contribution is -0.138. The van der Waals surface area contributed by atoms with Crippen molar-refractivity contribution < 1.29 is 76.2 Å². The first-order valence-electron chi connectivity index (χ1n) is 31.6. The highest BCUT2D eigenvalue weighted by Gasteiger charge is 2.44. The molecular formula is C75H85F3N8O13. The van der Waals surface area contributed by atoms with Crippen molar-refractivity contribution in [3.63, 3.8) is 0 Å². The molecule has 0 radical (unpaired) electrons. The first-order chi connectivity index (χ1) is 46.5. The number of likely N-dealkylation sites (N-methyl/N-ethyl adjacent to an activating group) is 3. The first kappa shape index (κ1) is 78.2. The Hall–Kier alpha value is -9.84. The minimum absolute atomic E-state index is 0. The maximum absolute atomic E-state index is 14.7. The second-order valence-electron chi connectivity index (χ2n) is 24.7. The number of aromatic nitrogens is 3. The Balaban J connectivity index is 0.000000233. The van der Waals surface area contributed by atoms with Gasteiger partial charge in [-0.3, -0.25) is 24.0 Å². The number of ether oxygens (including phenoxy) is 4. The van der Waals surface area contributed by atoms with Gasteiger partial charge in [-0.25, -0.2) is 32.9 Å². The number of nitrogens with two attached hydrogens (primary N) is 2. The molecule has 3 saturated heterocycles. The van der Waals surface area contributed by atoms with Crippen molar-refractivity contribution in [1.29, 1.82) is 0 Å². The third-order valence-corrected chi connectivity index (χ3v) is 16.4. The summed E-state index contributed by atoms with van der Waals surface area (Å²) < 4.78 is 64.6. The van der Waals surface area contributed by atoms with Crippen LogP contribution in [0.25, 0.3) is 33.8 Å². The van der Waals surface area contributed by atoms with Crippen molar-refractivity contribution >= 4 is 35.5 Å². The standard InChI is InChI=1S/C26H29FN2O5.2C24H26FN3O4.CH4/c1-5-34-24(30)23-19(14-17(2)16-33-4)7-9-22(28-23)20-15-18(6-8-21(20)27)10-11-26(32)12-13-29(3)25(26)31;2*1-15(14-32-3)12-17-5-7-20(27-21(17)22(26)29)18-13-16(4-6-19(18)25)8-9-24(31)10-11-28(2)23(24)30;/h6-9,15,17,32H,5,12-14,16H2,1-4H3;2*4-7,13,15,31H,10-12,14H2,1-3H3,(H2,26,29);1H4/t17?,26-;15-,24+;15-,24-;/m010./s1. The Morgan fingerprint density at radius 1 is 0.505 bits per heavy atom. The van der Waals surface area contributed by atoms with Crippen molar-refractivity contribution in [3.8, 4) is 69.3 Å². The highest BCUT2D eigenvalue weighted by Crippen LogP contribution is 2.31. The van der Waals surface area contributed by atoms with Crippen LogP contribution >= 0.6 is 0 Å². The fourth-order valence-electron chi connectivity index (χ4n) is 11.2. The van der Waals surface area contributed by atoms with Gasteiger partial charge in [0.25, 0.3) is 29.5 Å². The number of rotatable bonds is 19. The number of halogens is 3. The van der Waals surface area contributed by atoms with E-state index < -0.39 is 69.8 Å². The molecule has 3 aromatic carbocycles. The summed E-state index contributed by atoms with van der Waals surface area (Å²) in [6.07, 6.45) is 2.23. The third kappa shape index (κ3) is 19.7. The molecule has 3 aliphatic heterocycles. The van der Waals surface area contributed by atoms with E-state index in [1.807, 2.05) is 20.8 Å². The van der Waals surface area contributed by atoms with Crippen LogP contribution in [0.1, 0.15) is 119 Å². The van der Waals surface area contributed by atoms with Crippen LogP contribution < -0.4 is 11.5 Å². The number of pyridine rings is 3. The summed E-state index contributed by atoms with van der Waals surface area (Å²) >= 11 is 0. The smallest absolute Gasteiger partial charge is 0.357 e. The number of aliphatic hydroxyl groups is 3. The molecule has 99 heavy (non-hydrogen) atoms. The Labute approximate surface area is 575 Å². The van der Waals surface area contributed by atoms with Crippen molar-refractivity contribution in [2.75, 3.05) is 88.5 Å². The molecule has 24 heteroatoms. The highest BCUT2D eigenvalue weighted by molar-refractivity contribution is 5.95. The molecule has 3 aromatic heterocycles. The lowest BCUT2D eigenvalue weighted by atomic mass is 9.98. The molecule has 0 saturated carbocycles. The zero-order valence-corrected chi connectivity index (χ0v) is 56.5. The summed E-state index contributed by atoms with van der Waals surface area (Å²) in [6, 6.07) is 22.6. The van der Waals surface area contributed by atoms with Crippen molar-refractivity contribution in [2.45, 2.75) is 90.4 Å². The predicted octanol–water partition coefficient (Wildman–Crippen LogP) is 6.98. The molecule has 3 aliphatic rings. The third-order valence-electron chi connectivity index (χ3n) is 16.4. The molecule has 9 rings (SSSR count). The fraction of sp³-hybridized carbons (Fsp3) is 0.400. The maximum atomic E-state index is 14.7. The summed E-state index contributed by atoms with van der Waals surface area (Å²) in [7, 11) is 9.61. The zero-order chi connectivity index (χ0) is 71.8. The van der Waals surface area contributed by atoms with Gasteiger partial charge in [0.15, 0.2) is 5.69 Å². The van der Waals surface area contributed by atoms with Gasteiger partial charge in [-0.1, -0.05) is 81.9 Å². The van der Waals surface area contributed by atoms with Gasteiger partial charge in [0.05, 0.1) is 23.7 Å². The minimum atomic E-state index is -1.75. The Kier molecular flexibility index (Phi) is 27.3. The Morgan fingerprint density at radius 3 is 1.04 bits per heavy atom. The molecule has 0 spiro atoms. The predicted molar refractivity (Wildman–Crippen MR) is 365 cm³/mol. The number of amides is 5. The fourth-order valence-corrected chi connectivity index (χ4v) is 11.2. The van der Waals surface area contributed by atoms with E-state index in [1.54, 1.807) is 85.8 Å². The van der Waals surface area contributed by atoms with E-state index in [-0.39, 0.29) is 102 Å². The second-order valence-corrected chi connectivity index (χ2v) is 24.7. The molecule has 0 bridgehead atoms. The number of likely N-dealkylation sites (tertiary alicyclic amines) is 3. The van der Waals surface area contributed by atoms with Crippen LogP contribution in [-0.4, -0.2) is 186 Å². The molecule has 5 amide bonds. The molecule has 0 aliphatic carbocycles. The lowest BCUT2D eigenvalue weighted by Gasteiger charge is -2.14. The number of nitrogens with zero attached hydrogens (tertiary/aromatic N) is 6. The van der Waals surface area contributed by atoms with Gasteiger partial charge in [-0.15, -0.1) is 0 Å². The second kappa shape index (κ2) is 34.6. The molecule has 7 N–H and O–H groups in total. The Bertz CT molecular complexity index is 4020. The molecule has 1 unspecified atom stereocenters. The lowest BCUT2D eigenvalue weighted by Crippen LogP contribution is -2.37. The van der Waals surface area contributed by atoms with Gasteiger partial charge in [0, 0.05) is 135 Å². The largest absolute Gasteiger partial charge is 0.461 e. The molecule has 6 aromatic rings. The van der Waals surface area contributed by atoms with E-state index in [4.69, 9.17) is 30.4 Å². The number of primary amides is 2. The Morgan fingerprint density at radius 2 is 0.788 bits per heavy atom. The number of benzene rings is 3. The minimum Gasteiger partial charge on any atom is -0.461 e. The number of esters is 1. The SMILES string of the molecule is C.CCOC(=O)c1nc(-c2cc(C#C[C@]3(O)CCN(C)C3=O)ccc2F)ccc1CC(C)COC.COC[C@@H](C)Cc1ccc(-c2cc(C#C[C@]3(O)CCN(C)C3=O)ccc2F)nc1C(N)=O.COC[C@H](C)Cc1ccc(-c2cc(C#C[C@]3(O)CCN(C)C3=O)ccc2F)nc1C(N)=O. The van der Waals surface area contributed by atoms with Gasteiger partial charge in [0.1, 0.15) is 28.8 Å². The number of hydrogen-bond acceptors (Lipinski definition) is 16. The van der Waals surface area contributed by atoms with E-state index in [0.29, 0.717) is 92.1 Å². The van der Waals surface area contributed by atoms with E-state index in [2.05, 4.69) is 50.5 Å². The average Bonchev–Trinajstić information content (AvgIpc) is 1.68. The van der Waals surface area contributed by atoms with E-state index >= 15 is 0 Å². The average molecular weight is 1360 g/mol. The topological polar surface area (TPSA) is 300 Å². The van der Waals surface area contributed by atoms with Gasteiger partial charge in [-0.05, 0) is 133 Å². The molecule has 6 atom stereocenters. The van der Waals surface area contributed by atoms with E-state index in [0.717, 1.165) is 0 Å². The zero-order valence-electron chi connectivity index (χ0n) is 56.5. The number of methoxy groups -OCH3 is 3. The van der Waals surface area contributed by atoms with E-state index in [1.165, 1.54) is 69.3 Å². The van der Waals surface area contributed by atoms with Crippen molar-refractivity contribution in [3.05, 3.63) is 159 Å². The highest BCUT2D eigenvalue weighted by atomic mass is 19.1. The first-order valence-corrected chi connectivity index (χ1v) is 31.6. The summed E-state index contributed by atoms with van der Waals surface area (Å²) in [5.74, 6) is 11.6. The summed E-state index contributed by atoms with van der Waals surface area (Å²) in [5, 5.41) is 31.4. The van der Waals surface area contributed by atoms with Gasteiger partial charge in [-0.2, -0.15) is 0 Å². The summed E-state index contributed by atoms with van der Waals surface area (Å²) in [6.45, 7) is 10.6. The normalized spacial score (nSPS) is 18.5. The molecule has 524 valence electrons. The number of carbonyl (C=O) groups excluding carboxylic acids is 6. The number of carbonyl (C=O) groups is 6. The molecule has 21 nitrogen and oxygen atoms in total. The van der Waals surface area contributed by atoms with Gasteiger partial charge < -0.3 is 60.4 Å². The molecular weight excluding hydrogens is 1280 g/mol. The van der Waals surface area contributed by atoms with E-state index in [9.17, 15) is 57.3 Å². The maximum Gasteiger partial charge on any atom is 0.357 e. The van der Waals surface area contributed by atoms with Crippen molar-refractivity contribution in [1.82, 2.24) is 29.7 Å². The van der Waals surface area contributed by atoms with Crippen LogP contribution in [0.15, 0.2) is 91.0 Å². The van der Waals surface area contributed by atoms with Crippen LogP contribution in [0.2, 0.25) is 0 Å². The van der Waals surface area contributed by atoms with Crippen LogP contribution in [0.5, 0.6) is 0 Å². The summed E-state index contributed by atoms with van der Waals surface area (Å²) in [5.41, 5.74) is 10.4. The quantitative estimate of drug-likeness (QED) is 0.0403. The van der Waals surface area contributed by atoms with Crippen LogP contribution in [0.4, 0.5) is 13.2 Å². The number of hydrogen-bond donors (Lipinski definition) is 5. The van der Waals surface area contributed by atoms with Crippen LogP contribution in [-0.2, 0) is 52.6 Å².